The van der Waals surface area contributed by atoms with Crippen LogP contribution in [0.25, 0.3) is 0 Å². The van der Waals surface area contributed by atoms with E-state index in [1.807, 2.05) is 13.8 Å². The van der Waals surface area contributed by atoms with Crippen molar-refractivity contribution in [3.05, 3.63) is 29.6 Å². The van der Waals surface area contributed by atoms with Crippen LogP contribution < -0.4 is 5.32 Å². The Balaban J connectivity index is 2.25. The van der Waals surface area contributed by atoms with Crippen molar-refractivity contribution in [3.63, 3.8) is 0 Å². The number of amidine groups is 1. The molecule has 0 saturated heterocycles. The van der Waals surface area contributed by atoms with Crippen LogP contribution in [0, 0.1) is 5.82 Å². The molecule has 7 heteroatoms. The second-order valence-electron chi connectivity index (χ2n) is 4.76. The molecule has 0 aromatic heterocycles. The SMILES string of the molecule is CC1CC(C)SC(Nc2cc(C(F)(F)F)ccc2F)=N1. The van der Waals surface area contributed by atoms with Crippen LogP contribution in [0.5, 0.6) is 0 Å². The smallest absolute Gasteiger partial charge is 0.333 e. The lowest BCUT2D eigenvalue weighted by Crippen LogP contribution is -2.23. The van der Waals surface area contributed by atoms with Gasteiger partial charge < -0.3 is 5.32 Å². The van der Waals surface area contributed by atoms with E-state index in [-0.39, 0.29) is 11.7 Å². The predicted molar refractivity (Wildman–Crippen MR) is 73.6 cm³/mol. The number of nitrogens with zero attached hydrogens (tertiary/aromatic N) is 1. The quantitative estimate of drug-likeness (QED) is 0.771. The second kappa shape index (κ2) is 5.63. The number of halogens is 4. The molecule has 0 fully saturated rings. The van der Waals surface area contributed by atoms with E-state index in [9.17, 15) is 17.6 Å². The molecule has 1 aliphatic heterocycles. The first-order valence-corrected chi connectivity index (χ1v) is 7.02. The molecule has 110 valence electrons. The molecule has 0 saturated carbocycles. The lowest BCUT2D eigenvalue weighted by Gasteiger charge is -2.23. The molecule has 0 amide bonds. The van der Waals surface area contributed by atoms with Crippen molar-refractivity contribution in [2.45, 2.75) is 37.7 Å². The summed E-state index contributed by atoms with van der Waals surface area (Å²) in [6, 6.07) is 2.37. The Bertz CT molecular complexity index is 528. The minimum Gasteiger partial charge on any atom is -0.333 e. The fourth-order valence-corrected chi connectivity index (χ4v) is 3.14. The second-order valence-corrected chi connectivity index (χ2v) is 6.19. The first-order chi connectivity index (χ1) is 9.25. The van der Waals surface area contributed by atoms with Gasteiger partial charge in [0.25, 0.3) is 0 Å². The van der Waals surface area contributed by atoms with Crippen LogP contribution in [0.15, 0.2) is 23.2 Å². The molecular formula is C13H14F4N2S. The number of anilines is 1. The molecule has 20 heavy (non-hydrogen) atoms. The van der Waals surface area contributed by atoms with Crippen molar-refractivity contribution < 1.29 is 17.6 Å². The zero-order valence-electron chi connectivity index (χ0n) is 11.0. The van der Waals surface area contributed by atoms with Crippen LogP contribution in [0.3, 0.4) is 0 Å². The Morgan fingerprint density at radius 1 is 1.30 bits per heavy atom. The fraction of sp³-hybridized carbons (Fsp3) is 0.462. The maximum atomic E-state index is 13.6. The van der Waals surface area contributed by atoms with Crippen molar-refractivity contribution in [3.8, 4) is 0 Å². The van der Waals surface area contributed by atoms with Crippen molar-refractivity contribution in [2.75, 3.05) is 5.32 Å². The molecule has 2 rings (SSSR count). The van der Waals surface area contributed by atoms with E-state index in [1.165, 1.54) is 11.8 Å². The van der Waals surface area contributed by atoms with Crippen molar-refractivity contribution in [2.24, 2.45) is 4.99 Å². The average Bonchev–Trinajstić information content (AvgIpc) is 2.29. The summed E-state index contributed by atoms with van der Waals surface area (Å²) in [7, 11) is 0. The van der Waals surface area contributed by atoms with Crippen LogP contribution in [0.2, 0.25) is 0 Å². The van der Waals surface area contributed by atoms with E-state index in [1.54, 1.807) is 0 Å². The van der Waals surface area contributed by atoms with Gasteiger partial charge in [-0.05, 0) is 31.5 Å². The summed E-state index contributed by atoms with van der Waals surface area (Å²) in [6.07, 6.45) is -3.60. The van der Waals surface area contributed by atoms with Crippen LogP contribution in [0.1, 0.15) is 25.8 Å². The summed E-state index contributed by atoms with van der Waals surface area (Å²) in [6.45, 7) is 3.92. The number of thioether (sulfide) groups is 1. The average molecular weight is 306 g/mol. The molecule has 2 atom stereocenters. The van der Waals surface area contributed by atoms with Crippen LogP contribution in [0.4, 0.5) is 23.2 Å². The van der Waals surface area contributed by atoms with Gasteiger partial charge >= 0.3 is 6.18 Å². The van der Waals surface area contributed by atoms with Crippen molar-refractivity contribution in [1.82, 2.24) is 0 Å². The third-order valence-corrected chi connectivity index (χ3v) is 3.88. The highest BCUT2D eigenvalue weighted by molar-refractivity contribution is 8.14. The number of hydrogen-bond donors (Lipinski definition) is 1. The number of hydrogen-bond acceptors (Lipinski definition) is 3. The Morgan fingerprint density at radius 2 is 2.00 bits per heavy atom. The molecule has 0 spiro atoms. The summed E-state index contributed by atoms with van der Waals surface area (Å²) in [5, 5.41) is 3.40. The van der Waals surface area contributed by atoms with E-state index in [0.717, 1.165) is 24.6 Å². The number of benzene rings is 1. The molecule has 0 radical (unpaired) electrons. The molecule has 1 aliphatic rings. The van der Waals surface area contributed by atoms with Gasteiger partial charge in [-0.15, -0.1) is 0 Å². The van der Waals surface area contributed by atoms with E-state index in [0.29, 0.717) is 10.4 Å². The first kappa shape index (κ1) is 15.2. The minimum atomic E-state index is -4.49. The standard InChI is InChI=1S/C13H14F4N2S/c1-7-5-8(2)20-12(18-7)19-11-6-9(13(15,16)17)3-4-10(11)14/h3-4,6-8H,5H2,1-2H3,(H,18,19). The van der Waals surface area contributed by atoms with Gasteiger partial charge in [0.15, 0.2) is 5.17 Å². The van der Waals surface area contributed by atoms with Crippen molar-refractivity contribution in [1.29, 1.82) is 0 Å². The van der Waals surface area contributed by atoms with Gasteiger partial charge in [0.2, 0.25) is 0 Å². The maximum absolute atomic E-state index is 13.6. The summed E-state index contributed by atoms with van der Waals surface area (Å²) < 4.78 is 51.5. The zero-order valence-corrected chi connectivity index (χ0v) is 11.8. The van der Waals surface area contributed by atoms with Gasteiger partial charge in [-0.25, -0.2) is 4.39 Å². The normalized spacial score (nSPS) is 23.4. The van der Waals surface area contributed by atoms with E-state index in [4.69, 9.17) is 0 Å². The Morgan fingerprint density at radius 3 is 2.60 bits per heavy atom. The maximum Gasteiger partial charge on any atom is 0.416 e. The molecule has 1 aromatic carbocycles. The highest BCUT2D eigenvalue weighted by Crippen LogP contribution is 2.33. The van der Waals surface area contributed by atoms with Gasteiger partial charge in [-0.1, -0.05) is 18.7 Å². The highest BCUT2D eigenvalue weighted by Gasteiger charge is 2.31. The molecule has 1 aromatic rings. The molecule has 1 heterocycles. The monoisotopic (exact) mass is 306 g/mol. The van der Waals surface area contributed by atoms with E-state index >= 15 is 0 Å². The lowest BCUT2D eigenvalue weighted by molar-refractivity contribution is -0.137. The Hall–Kier alpha value is -1.24. The Labute approximate surface area is 118 Å². The summed E-state index contributed by atoms with van der Waals surface area (Å²) >= 11 is 1.40. The number of alkyl halides is 3. The minimum absolute atomic E-state index is 0.0719. The molecule has 2 nitrogen and oxygen atoms in total. The van der Waals surface area contributed by atoms with Crippen molar-refractivity contribution >= 4 is 22.6 Å². The van der Waals surface area contributed by atoms with Gasteiger partial charge in [0.1, 0.15) is 5.82 Å². The van der Waals surface area contributed by atoms with E-state index in [2.05, 4.69) is 10.3 Å². The molecular weight excluding hydrogens is 292 g/mol. The first-order valence-electron chi connectivity index (χ1n) is 6.14. The number of nitrogens with one attached hydrogen (secondary N) is 1. The highest BCUT2D eigenvalue weighted by atomic mass is 32.2. The van der Waals surface area contributed by atoms with Crippen LogP contribution in [-0.4, -0.2) is 16.5 Å². The van der Waals surface area contributed by atoms with Crippen LogP contribution >= 0.6 is 11.8 Å². The lowest BCUT2D eigenvalue weighted by atomic mass is 10.2. The third-order valence-electron chi connectivity index (χ3n) is 2.86. The molecule has 2 unspecified atom stereocenters. The summed E-state index contributed by atoms with van der Waals surface area (Å²) in [5.74, 6) is -0.729. The van der Waals surface area contributed by atoms with Gasteiger partial charge in [-0.2, -0.15) is 13.2 Å². The predicted octanol–water partition coefficient (Wildman–Crippen LogP) is 4.53. The number of rotatable bonds is 1. The third kappa shape index (κ3) is 3.65. The Kier molecular flexibility index (Phi) is 4.27. The largest absolute Gasteiger partial charge is 0.416 e. The van der Waals surface area contributed by atoms with Gasteiger partial charge in [0.05, 0.1) is 17.3 Å². The van der Waals surface area contributed by atoms with Gasteiger partial charge in [-0.3, -0.25) is 4.99 Å². The van der Waals surface area contributed by atoms with Gasteiger partial charge in [0, 0.05) is 5.25 Å². The topological polar surface area (TPSA) is 24.4 Å². The summed E-state index contributed by atoms with van der Waals surface area (Å²) in [4.78, 5) is 4.28. The van der Waals surface area contributed by atoms with Crippen LogP contribution in [-0.2, 0) is 6.18 Å². The fourth-order valence-electron chi connectivity index (χ4n) is 1.98. The van der Waals surface area contributed by atoms with E-state index < -0.39 is 17.6 Å². The molecule has 0 bridgehead atoms. The summed E-state index contributed by atoms with van der Waals surface area (Å²) in [5.41, 5.74) is -1.09. The number of aliphatic imine (C=N–C) groups is 1. The molecule has 1 N–H and O–H groups in total. The zero-order chi connectivity index (χ0) is 14.9. The molecule has 0 aliphatic carbocycles.